The fourth-order valence-electron chi connectivity index (χ4n) is 4.28. The van der Waals surface area contributed by atoms with E-state index in [1.807, 2.05) is 68.4 Å². The molecule has 2 N–H and O–H groups in total. The summed E-state index contributed by atoms with van der Waals surface area (Å²) in [6, 6.07) is 22.9. The van der Waals surface area contributed by atoms with Crippen LogP contribution in [0.5, 0.6) is 0 Å². The highest BCUT2D eigenvalue weighted by molar-refractivity contribution is 8.00. The minimum absolute atomic E-state index is 0.0766. The fraction of sp³-hybridized carbons (Fsp3) is 0.290. The van der Waals surface area contributed by atoms with E-state index in [0.29, 0.717) is 40.6 Å². The second-order valence-electron chi connectivity index (χ2n) is 9.97. The van der Waals surface area contributed by atoms with Gasteiger partial charge in [0.2, 0.25) is 5.91 Å². The predicted molar refractivity (Wildman–Crippen MR) is 155 cm³/mol. The zero-order chi connectivity index (χ0) is 27.4. The van der Waals surface area contributed by atoms with Crippen LogP contribution in [0.25, 0.3) is 10.9 Å². The van der Waals surface area contributed by atoms with Crippen molar-refractivity contribution < 1.29 is 9.59 Å². The molecule has 0 bridgehead atoms. The SMILES string of the molecule is CC[C@H](Sc1nc2ccccc2c(=O)n1Cc1ccc(C(=O)NC2CC2)cc1)C(=O)NCc1ccc(C)cc1. The average molecular weight is 541 g/mol. The maximum atomic E-state index is 13.6. The number of amides is 2. The maximum Gasteiger partial charge on any atom is 0.262 e. The van der Waals surface area contributed by atoms with E-state index in [0.717, 1.165) is 24.0 Å². The van der Waals surface area contributed by atoms with E-state index in [1.165, 1.54) is 17.3 Å². The number of carbonyl (C=O) groups is 2. The standard InChI is InChI=1S/C31H32N4O3S/c1-3-27(29(37)32-18-21-10-8-20(2)9-11-21)39-31-34-26-7-5-4-6-25(26)30(38)35(31)19-22-12-14-23(15-13-22)28(36)33-24-16-17-24/h4-15,24,27H,3,16-19H2,1-2H3,(H,32,37)(H,33,36)/t27-/m0/s1. The van der Waals surface area contributed by atoms with Gasteiger partial charge in [0, 0.05) is 18.2 Å². The number of aryl methyl sites for hydroxylation is 1. The van der Waals surface area contributed by atoms with Gasteiger partial charge in [-0.05, 0) is 61.6 Å². The van der Waals surface area contributed by atoms with Gasteiger partial charge in [-0.2, -0.15) is 0 Å². The van der Waals surface area contributed by atoms with Crippen molar-refractivity contribution in [1.82, 2.24) is 20.2 Å². The average Bonchev–Trinajstić information content (AvgIpc) is 3.77. The van der Waals surface area contributed by atoms with Crippen molar-refractivity contribution in [2.45, 2.75) is 62.6 Å². The minimum atomic E-state index is -0.414. The van der Waals surface area contributed by atoms with Gasteiger partial charge in [0.15, 0.2) is 5.16 Å². The summed E-state index contributed by atoms with van der Waals surface area (Å²) >= 11 is 1.31. The number of benzene rings is 3. The molecule has 1 saturated carbocycles. The van der Waals surface area contributed by atoms with Crippen LogP contribution in [0.4, 0.5) is 0 Å². The summed E-state index contributed by atoms with van der Waals surface area (Å²) in [5.74, 6) is -0.171. The molecule has 1 fully saturated rings. The van der Waals surface area contributed by atoms with E-state index in [4.69, 9.17) is 4.98 Å². The third-order valence-electron chi connectivity index (χ3n) is 6.79. The van der Waals surface area contributed by atoms with Crippen molar-refractivity contribution in [2.75, 3.05) is 0 Å². The first kappa shape index (κ1) is 26.7. The fourth-order valence-corrected chi connectivity index (χ4v) is 5.31. The number of aromatic nitrogens is 2. The van der Waals surface area contributed by atoms with Crippen molar-refractivity contribution in [3.05, 3.63) is 105 Å². The topological polar surface area (TPSA) is 93.1 Å². The van der Waals surface area contributed by atoms with Crippen molar-refractivity contribution in [1.29, 1.82) is 0 Å². The molecule has 2 amide bonds. The molecule has 4 aromatic rings. The lowest BCUT2D eigenvalue weighted by molar-refractivity contribution is -0.120. The van der Waals surface area contributed by atoms with Gasteiger partial charge >= 0.3 is 0 Å². The monoisotopic (exact) mass is 540 g/mol. The van der Waals surface area contributed by atoms with E-state index >= 15 is 0 Å². The van der Waals surface area contributed by atoms with Crippen molar-refractivity contribution >= 4 is 34.5 Å². The van der Waals surface area contributed by atoms with Crippen molar-refractivity contribution in [3.8, 4) is 0 Å². The summed E-state index contributed by atoms with van der Waals surface area (Å²) in [6.45, 7) is 4.71. The van der Waals surface area contributed by atoms with Crippen molar-refractivity contribution in [3.63, 3.8) is 0 Å². The van der Waals surface area contributed by atoms with E-state index in [2.05, 4.69) is 10.6 Å². The molecule has 1 atom stereocenters. The highest BCUT2D eigenvalue weighted by atomic mass is 32.2. The van der Waals surface area contributed by atoms with Crippen LogP contribution >= 0.6 is 11.8 Å². The first-order chi connectivity index (χ1) is 18.9. The molecule has 5 rings (SSSR count). The highest BCUT2D eigenvalue weighted by Crippen LogP contribution is 2.26. The van der Waals surface area contributed by atoms with Gasteiger partial charge in [0.05, 0.1) is 22.7 Å². The molecule has 1 heterocycles. The number of nitrogens with one attached hydrogen (secondary N) is 2. The zero-order valence-electron chi connectivity index (χ0n) is 22.1. The van der Waals surface area contributed by atoms with E-state index in [1.54, 1.807) is 22.8 Å². The lowest BCUT2D eigenvalue weighted by Gasteiger charge is -2.18. The third kappa shape index (κ3) is 6.57. The Morgan fingerprint density at radius 1 is 1.00 bits per heavy atom. The normalized spacial score (nSPS) is 13.7. The molecule has 200 valence electrons. The van der Waals surface area contributed by atoms with Crippen LogP contribution in [-0.4, -0.2) is 32.7 Å². The first-order valence-corrected chi connectivity index (χ1v) is 14.2. The van der Waals surface area contributed by atoms with Crippen LogP contribution in [0.1, 0.15) is 53.2 Å². The van der Waals surface area contributed by atoms with Crippen molar-refractivity contribution in [2.24, 2.45) is 0 Å². The molecule has 1 aliphatic carbocycles. The Balaban J connectivity index is 1.38. The van der Waals surface area contributed by atoms with Gasteiger partial charge in [0.25, 0.3) is 11.5 Å². The predicted octanol–water partition coefficient (Wildman–Crippen LogP) is 4.83. The molecule has 39 heavy (non-hydrogen) atoms. The Labute approximate surface area is 232 Å². The number of thioether (sulfide) groups is 1. The Hall–Kier alpha value is -3.91. The molecule has 8 heteroatoms. The molecule has 1 aliphatic rings. The van der Waals surface area contributed by atoms with Gasteiger partial charge in [-0.1, -0.05) is 72.8 Å². The van der Waals surface area contributed by atoms with Gasteiger partial charge in [-0.15, -0.1) is 0 Å². The maximum absolute atomic E-state index is 13.6. The second kappa shape index (κ2) is 11.9. The number of hydrogen-bond donors (Lipinski definition) is 2. The van der Waals surface area contributed by atoms with Crippen LogP contribution in [0, 0.1) is 6.92 Å². The number of nitrogens with zero attached hydrogens (tertiary/aromatic N) is 2. The molecule has 0 spiro atoms. The molecule has 0 unspecified atom stereocenters. The van der Waals surface area contributed by atoms with E-state index in [-0.39, 0.29) is 23.9 Å². The molecule has 7 nitrogen and oxygen atoms in total. The molecule has 3 aromatic carbocycles. The lowest BCUT2D eigenvalue weighted by atomic mass is 10.1. The molecule has 1 aromatic heterocycles. The summed E-state index contributed by atoms with van der Waals surface area (Å²) in [6.07, 6.45) is 2.65. The quantitative estimate of drug-likeness (QED) is 0.222. The molecule has 0 saturated heterocycles. The lowest BCUT2D eigenvalue weighted by Crippen LogP contribution is -2.33. The summed E-state index contributed by atoms with van der Waals surface area (Å²) in [5.41, 5.74) is 4.11. The second-order valence-corrected chi connectivity index (χ2v) is 11.1. The van der Waals surface area contributed by atoms with Gasteiger partial charge in [-0.3, -0.25) is 19.0 Å². The van der Waals surface area contributed by atoms with Crippen LogP contribution < -0.4 is 16.2 Å². The molecule has 0 aliphatic heterocycles. The Kier molecular flexibility index (Phi) is 8.12. The summed E-state index contributed by atoms with van der Waals surface area (Å²) < 4.78 is 1.63. The number of para-hydroxylation sites is 1. The van der Waals surface area contributed by atoms with Crippen LogP contribution in [0.15, 0.2) is 82.7 Å². The van der Waals surface area contributed by atoms with E-state index < -0.39 is 5.25 Å². The Morgan fingerprint density at radius 3 is 2.38 bits per heavy atom. The zero-order valence-corrected chi connectivity index (χ0v) is 23.0. The first-order valence-electron chi connectivity index (χ1n) is 13.3. The summed E-state index contributed by atoms with van der Waals surface area (Å²) in [7, 11) is 0. The summed E-state index contributed by atoms with van der Waals surface area (Å²) in [4.78, 5) is 43.9. The number of rotatable bonds is 10. The van der Waals surface area contributed by atoms with Crippen LogP contribution in [-0.2, 0) is 17.9 Å². The third-order valence-corrected chi connectivity index (χ3v) is 8.15. The van der Waals surface area contributed by atoms with Crippen LogP contribution in [0.2, 0.25) is 0 Å². The molecular formula is C31H32N4O3S. The summed E-state index contributed by atoms with van der Waals surface area (Å²) in [5, 5.41) is 6.63. The van der Waals surface area contributed by atoms with Crippen LogP contribution in [0.3, 0.4) is 0 Å². The Morgan fingerprint density at radius 2 is 1.69 bits per heavy atom. The Bertz CT molecular complexity index is 1540. The number of carbonyl (C=O) groups excluding carboxylic acids is 2. The number of hydrogen-bond acceptors (Lipinski definition) is 5. The minimum Gasteiger partial charge on any atom is -0.351 e. The largest absolute Gasteiger partial charge is 0.351 e. The number of fused-ring (bicyclic) bond motifs is 1. The smallest absolute Gasteiger partial charge is 0.262 e. The van der Waals surface area contributed by atoms with Gasteiger partial charge in [0.1, 0.15) is 0 Å². The van der Waals surface area contributed by atoms with Gasteiger partial charge in [-0.25, -0.2) is 4.98 Å². The molecule has 0 radical (unpaired) electrons. The van der Waals surface area contributed by atoms with Gasteiger partial charge < -0.3 is 10.6 Å². The van der Waals surface area contributed by atoms with E-state index in [9.17, 15) is 14.4 Å². The highest BCUT2D eigenvalue weighted by Gasteiger charge is 2.24. The molecular weight excluding hydrogens is 508 g/mol.